The van der Waals surface area contributed by atoms with Crippen molar-refractivity contribution in [1.82, 2.24) is 4.90 Å². The van der Waals surface area contributed by atoms with Crippen molar-refractivity contribution in [2.24, 2.45) is 0 Å². The van der Waals surface area contributed by atoms with Crippen molar-refractivity contribution in [1.29, 1.82) is 0 Å². The Hall–Kier alpha value is -3.80. The molecule has 1 amide bonds. The molecule has 6 heteroatoms. The number of carbonyl (C=O) groups excluding carboxylic acids is 1. The Kier molecular flexibility index (Phi) is 6.21. The molecule has 1 fully saturated rings. The first-order valence-electron chi connectivity index (χ1n) is 11.7. The molecule has 1 N–H and O–H groups in total. The summed E-state index contributed by atoms with van der Waals surface area (Å²) in [6, 6.07) is 26.1. The van der Waals surface area contributed by atoms with Crippen molar-refractivity contribution in [2.75, 3.05) is 24.6 Å². The molecule has 2 aliphatic heterocycles. The lowest BCUT2D eigenvalue weighted by molar-refractivity contribution is -0.148. The number of carboxylic acids is 1. The maximum absolute atomic E-state index is 14.0. The van der Waals surface area contributed by atoms with E-state index >= 15 is 0 Å². The predicted molar refractivity (Wildman–Crippen MR) is 130 cm³/mol. The first-order valence-corrected chi connectivity index (χ1v) is 11.7. The fourth-order valence-corrected chi connectivity index (χ4v) is 5.18. The third-order valence-electron chi connectivity index (χ3n) is 6.78. The number of aliphatic carboxylic acids is 1. The predicted octanol–water partition coefficient (Wildman–Crippen LogP) is 4.16. The molecule has 3 aromatic carbocycles. The lowest BCUT2D eigenvalue weighted by Gasteiger charge is -2.31. The molecule has 0 radical (unpaired) electrons. The minimum absolute atomic E-state index is 0.0971. The minimum Gasteiger partial charge on any atom is -0.491 e. The first-order chi connectivity index (χ1) is 16.6. The molecule has 5 rings (SSSR count). The molecule has 0 unspecified atom stereocenters. The molecular formula is C28H28N2O4. The number of amides is 1. The number of hydrogen-bond acceptors (Lipinski definition) is 4. The summed E-state index contributed by atoms with van der Waals surface area (Å²) in [5, 5.41) is 10.1. The lowest BCUT2D eigenvalue weighted by Crippen LogP contribution is -2.44. The smallest absolute Gasteiger partial charge is 0.326 e. The van der Waals surface area contributed by atoms with Crippen LogP contribution in [0, 0.1) is 0 Å². The summed E-state index contributed by atoms with van der Waals surface area (Å²) in [7, 11) is 0. The van der Waals surface area contributed by atoms with Crippen LogP contribution in [0.25, 0.3) is 0 Å². The van der Waals surface area contributed by atoms with Gasteiger partial charge in [-0.05, 0) is 29.7 Å². The molecule has 0 aromatic heterocycles. The largest absolute Gasteiger partial charge is 0.491 e. The number of rotatable bonds is 5. The molecule has 3 aromatic rings. The number of fused-ring (bicyclic) bond motifs is 1. The Labute approximate surface area is 199 Å². The number of ether oxygens (including phenoxy) is 1. The summed E-state index contributed by atoms with van der Waals surface area (Å²) < 4.78 is 5.90. The van der Waals surface area contributed by atoms with Gasteiger partial charge in [0.2, 0.25) is 5.91 Å². The van der Waals surface area contributed by atoms with E-state index in [1.54, 1.807) is 4.90 Å². The van der Waals surface area contributed by atoms with Gasteiger partial charge in [-0.25, -0.2) is 4.79 Å². The van der Waals surface area contributed by atoms with Crippen molar-refractivity contribution in [2.45, 2.75) is 30.8 Å². The highest BCUT2D eigenvalue weighted by molar-refractivity contribution is 5.91. The molecule has 0 spiro atoms. The summed E-state index contributed by atoms with van der Waals surface area (Å²) in [4.78, 5) is 30.1. The van der Waals surface area contributed by atoms with Gasteiger partial charge in [0.15, 0.2) is 0 Å². The van der Waals surface area contributed by atoms with E-state index in [1.807, 2.05) is 84.9 Å². The van der Waals surface area contributed by atoms with Crippen LogP contribution < -0.4 is 9.64 Å². The van der Waals surface area contributed by atoms with E-state index in [1.165, 1.54) is 0 Å². The normalized spacial score (nSPS) is 19.9. The van der Waals surface area contributed by atoms with Crippen molar-refractivity contribution in [3.8, 4) is 5.75 Å². The Morgan fingerprint density at radius 3 is 2.15 bits per heavy atom. The van der Waals surface area contributed by atoms with Gasteiger partial charge in [-0.2, -0.15) is 0 Å². The van der Waals surface area contributed by atoms with Gasteiger partial charge in [-0.1, -0.05) is 72.8 Å². The molecule has 2 heterocycles. The molecule has 6 nitrogen and oxygen atoms in total. The zero-order valence-electron chi connectivity index (χ0n) is 18.9. The second-order valence-electron chi connectivity index (χ2n) is 8.85. The van der Waals surface area contributed by atoms with Crippen molar-refractivity contribution in [3.63, 3.8) is 0 Å². The fraction of sp³-hybridized carbons (Fsp3) is 0.286. The summed E-state index contributed by atoms with van der Waals surface area (Å²) in [5.74, 6) is -0.882. The summed E-state index contributed by atoms with van der Waals surface area (Å²) in [6.07, 6.45) is 1.22. The first kappa shape index (κ1) is 22.0. The molecule has 1 saturated heterocycles. The zero-order chi connectivity index (χ0) is 23.5. The molecule has 2 atom stereocenters. The second-order valence-corrected chi connectivity index (χ2v) is 8.85. The average Bonchev–Trinajstić information content (AvgIpc) is 3.21. The van der Waals surface area contributed by atoms with Crippen LogP contribution >= 0.6 is 0 Å². The van der Waals surface area contributed by atoms with Gasteiger partial charge < -0.3 is 19.6 Å². The highest BCUT2D eigenvalue weighted by atomic mass is 16.5. The number of likely N-dealkylation sites (tertiary alicyclic amines) is 1. The molecule has 0 aliphatic carbocycles. The average molecular weight is 457 g/mol. The van der Waals surface area contributed by atoms with Gasteiger partial charge in [-0.3, -0.25) is 4.79 Å². The third kappa shape index (κ3) is 4.23. The number of benzene rings is 3. The maximum atomic E-state index is 14.0. The highest BCUT2D eigenvalue weighted by Gasteiger charge is 2.44. The van der Waals surface area contributed by atoms with Crippen LogP contribution in [0.5, 0.6) is 5.75 Å². The number of nitrogens with zero attached hydrogens (tertiary/aromatic N) is 2. The Bertz CT molecular complexity index is 1110. The van der Waals surface area contributed by atoms with E-state index < -0.39 is 17.9 Å². The maximum Gasteiger partial charge on any atom is 0.326 e. The second kappa shape index (κ2) is 9.59. The van der Waals surface area contributed by atoms with Gasteiger partial charge in [0.05, 0.1) is 18.2 Å². The van der Waals surface area contributed by atoms with E-state index in [0.29, 0.717) is 19.6 Å². The van der Waals surface area contributed by atoms with Gasteiger partial charge in [0, 0.05) is 25.6 Å². The van der Waals surface area contributed by atoms with Crippen LogP contribution in [0.2, 0.25) is 0 Å². The number of anilines is 1. The third-order valence-corrected chi connectivity index (χ3v) is 6.78. The molecule has 2 aliphatic rings. The number of carboxylic acid groups (broad SMARTS) is 1. The van der Waals surface area contributed by atoms with Crippen molar-refractivity contribution >= 4 is 17.6 Å². The zero-order valence-corrected chi connectivity index (χ0v) is 18.9. The molecule has 34 heavy (non-hydrogen) atoms. The summed E-state index contributed by atoms with van der Waals surface area (Å²) in [6.45, 7) is 1.74. The van der Waals surface area contributed by atoms with Crippen LogP contribution in [0.3, 0.4) is 0 Å². The SMILES string of the molecule is O=C(O)[C@@H]1C[C@H](N2CCCOc3ccccc32)CN1C(=O)C(c1ccccc1)c1ccccc1. The van der Waals surface area contributed by atoms with E-state index in [2.05, 4.69) is 4.90 Å². The van der Waals surface area contributed by atoms with E-state index in [0.717, 1.165) is 35.5 Å². The van der Waals surface area contributed by atoms with Crippen LogP contribution in [-0.4, -0.2) is 53.7 Å². The highest BCUT2D eigenvalue weighted by Crippen LogP contribution is 2.37. The van der Waals surface area contributed by atoms with Crippen molar-refractivity contribution in [3.05, 3.63) is 96.1 Å². The number of hydrogen-bond donors (Lipinski definition) is 1. The Balaban J connectivity index is 1.49. The van der Waals surface area contributed by atoms with Crippen LogP contribution in [0.4, 0.5) is 5.69 Å². The summed E-state index contributed by atoms with van der Waals surface area (Å²) >= 11 is 0. The molecular weight excluding hydrogens is 428 g/mol. The van der Waals surface area contributed by atoms with Crippen molar-refractivity contribution < 1.29 is 19.4 Å². The Morgan fingerprint density at radius 2 is 1.50 bits per heavy atom. The topological polar surface area (TPSA) is 70.1 Å². The van der Waals surface area contributed by atoms with Crippen LogP contribution in [0.15, 0.2) is 84.9 Å². The minimum atomic E-state index is -0.963. The fourth-order valence-electron chi connectivity index (χ4n) is 5.18. The molecule has 0 bridgehead atoms. The standard InChI is InChI=1S/C28H28N2O4/c31-27(26(20-10-3-1-4-11-20)21-12-5-2-6-13-21)30-19-22(18-24(30)28(32)33)29-16-9-17-34-25-15-8-7-14-23(25)29/h1-8,10-15,22,24,26H,9,16-19H2,(H,32,33)/t22-,24-/m0/s1. The van der Waals surface area contributed by atoms with Gasteiger partial charge in [-0.15, -0.1) is 0 Å². The van der Waals surface area contributed by atoms with Crippen LogP contribution in [-0.2, 0) is 9.59 Å². The van der Waals surface area contributed by atoms with E-state index in [9.17, 15) is 14.7 Å². The van der Waals surface area contributed by atoms with E-state index in [-0.39, 0.29) is 11.9 Å². The monoisotopic (exact) mass is 456 g/mol. The quantitative estimate of drug-likeness (QED) is 0.624. The lowest BCUT2D eigenvalue weighted by atomic mass is 9.90. The molecule has 174 valence electrons. The summed E-state index contributed by atoms with van der Waals surface area (Å²) in [5.41, 5.74) is 2.69. The van der Waals surface area contributed by atoms with Crippen LogP contribution in [0.1, 0.15) is 29.9 Å². The number of para-hydroxylation sites is 2. The molecule has 0 saturated carbocycles. The van der Waals surface area contributed by atoms with Gasteiger partial charge in [0.25, 0.3) is 0 Å². The Morgan fingerprint density at radius 1 is 0.882 bits per heavy atom. The van der Waals surface area contributed by atoms with Gasteiger partial charge in [0.1, 0.15) is 11.8 Å². The van der Waals surface area contributed by atoms with E-state index in [4.69, 9.17) is 4.74 Å². The number of carbonyl (C=O) groups is 2. The van der Waals surface area contributed by atoms with Gasteiger partial charge >= 0.3 is 5.97 Å².